The van der Waals surface area contributed by atoms with E-state index < -0.39 is 12.0 Å². The maximum absolute atomic E-state index is 12.5. The molecule has 5 nitrogen and oxygen atoms in total. The molecule has 0 aromatic heterocycles. The Balaban J connectivity index is 1.66. The highest BCUT2D eigenvalue weighted by Gasteiger charge is 2.38. The number of carboxylic acids is 1. The Morgan fingerprint density at radius 2 is 1.86 bits per heavy atom. The van der Waals surface area contributed by atoms with Gasteiger partial charge in [0, 0.05) is 25.6 Å². The van der Waals surface area contributed by atoms with Gasteiger partial charge in [0.1, 0.15) is 6.04 Å². The lowest BCUT2D eigenvalue weighted by atomic mass is 9.99. The van der Waals surface area contributed by atoms with Crippen LogP contribution in [-0.4, -0.2) is 52.6 Å². The average Bonchev–Trinajstić information content (AvgIpc) is 3.17. The number of benzene rings is 1. The second-order valence-electron chi connectivity index (χ2n) is 5.81. The van der Waals surface area contributed by atoms with Gasteiger partial charge >= 0.3 is 12.0 Å². The quantitative estimate of drug-likeness (QED) is 0.907. The molecule has 0 aliphatic carbocycles. The van der Waals surface area contributed by atoms with Crippen LogP contribution in [0.4, 0.5) is 4.79 Å². The molecule has 21 heavy (non-hydrogen) atoms. The van der Waals surface area contributed by atoms with Crippen molar-refractivity contribution in [1.82, 2.24) is 9.80 Å². The number of carbonyl (C=O) groups excluding carboxylic acids is 1. The number of urea groups is 1. The molecule has 2 aliphatic rings. The lowest BCUT2D eigenvalue weighted by Gasteiger charge is -2.27. The smallest absolute Gasteiger partial charge is 0.326 e. The Morgan fingerprint density at radius 1 is 1.10 bits per heavy atom. The van der Waals surface area contributed by atoms with Crippen LogP contribution in [0.1, 0.15) is 30.7 Å². The molecule has 0 radical (unpaired) electrons. The number of nitrogens with zero attached hydrogens (tertiary/aromatic N) is 2. The van der Waals surface area contributed by atoms with E-state index in [2.05, 4.69) is 12.1 Å². The average molecular weight is 288 g/mol. The molecule has 112 valence electrons. The summed E-state index contributed by atoms with van der Waals surface area (Å²) in [4.78, 5) is 27.1. The van der Waals surface area contributed by atoms with Crippen molar-refractivity contribution in [3.05, 3.63) is 35.9 Å². The van der Waals surface area contributed by atoms with E-state index in [9.17, 15) is 14.7 Å². The number of hydrogen-bond donors (Lipinski definition) is 1. The second-order valence-corrected chi connectivity index (χ2v) is 5.81. The van der Waals surface area contributed by atoms with Crippen molar-refractivity contribution >= 4 is 12.0 Å². The van der Waals surface area contributed by atoms with E-state index in [-0.39, 0.29) is 6.03 Å². The molecule has 1 N–H and O–H groups in total. The van der Waals surface area contributed by atoms with Crippen molar-refractivity contribution in [2.75, 3.05) is 19.6 Å². The predicted octanol–water partition coefficient (Wildman–Crippen LogP) is 2.14. The molecule has 2 amide bonds. The van der Waals surface area contributed by atoms with Gasteiger partial charge in [0.2, 0.25) is 0 Å². The van der Waals surface area contributed by atoms with Gasteiger partial charge in [-0.1, -0.05) is 30.3 Å². The third kappa shape index (κ3) is 2.73. The Kier molecular flexibility index (Phi) is 3.82. The van der Waals surface area contributed by atoms with E-state index in [1.54, 1.807) is 4.90 Å². The summed E-state index contributed by atoms with van der Waals surface area (Å²) >= 11 is 0. The zero-order valence-corrected chi connectivity index (χ0v) is 11.9. The molecule has 2 heterocycles. The highest BCUT2D eigenvalue weighted by Crippen LogP contribution is 2.29. The van der Waals surface area contributed by atoms with Crippen LogP contribution in [0.3, 0.4) is 0 Å². The number of hydrogen-bond acceptors (Lipinski definition) is 2. The molecular formula is C16H20N2O3. The van der Waals surface area contributed by atoms with E-state index in [0.717, 1.165) is 12.8 Å². The summed E-state index contributed by atoms with van der Waals surface area (Å²) in [6.07, 6.45) is 2.29. The topological polar surface area (TPSA) is 60.9 Å². The van der Waals surface area contributed by atoms with Crippen molar-refractivity contribution in [3.63, 3.8) is 0 Å². The first-order valence-corrected chi connectivity index (χ1v) is 7.50. The maximum Gasteiger partial charge on any atom is 0.326 e. The first-order chi connectivity index (χ1) is 10.2. The second kappa shape index (κ2) is 5.76. The molecule has 0 bridgehead atoms. The lowest BCUT2D eigenvalue weighted by Crippen LogP contribution is -2.47. The molecule has 1 aromatic rings. The summed E-state index contributed by atoms with van der Waals surface area (Å²) in [7, 11) is 0. The predicted molar refractivity (Wildman–Crippen MR) is 78.1 cm³/mol. The minimum Gasteiger partial charge on any atom is -0.480 e. The van der Waals surface area contributed by atoms with Crippen LogP contribution < -0.4 is 0 Å². The van der Waals surface area contributed by atoms with Gasteiger partial charge in [-0.2, -0.15) is 0 Å². The molecule has 1 unspecified atom stereocenters. The summed E-state index contributed by atoms with van der Waals surface area (Å²) in [6.45, 7) is 1.95. The number of carbonyl (C=O) groups is 2. The number of rotatable bonds is 2. The van der Waals surface area contributed by atoms with Gasteiger partial charge in [-0.3, -0.25) is 0 Å². The largest absolute Gasteiger partial charge is 0.480 e. The maximum atomic E-state index is 12.5. The van der Waals surface area contributed by atoms with Crippen LogP contribution in [0.25, 0.3) is 0 Å². The van der Waals surface area contributed by atoms with Gasteiger partial charge in [-0.25, -0.2) is 9.59 Å². The van der Waals surface area contributed by atoms with Crippen molar-refractivity contribution in [3.8, 4) is 0 Å². The van der Waals surface area contributed by atoms with Gasteiger partial charge in [-0.15, -0.1) is 0 Å². The van der Waals surface area contributed by atoms with Gasteiger partial charge < -0.3 is 14.9 Å². The van der Waals surface area contributed by atoms with Crippen molar-refractivity contribution in [2.24, 2.45) is 0 Å². The Labute approximate surface area is 124 Å². The van der Waals surface area contributed by atoms with Crippen molar-refractivity contribution in [2.45, 2.75) is 31.2 Å². The first kappa shape index (κ1) is 13.9. The minimum absolute atomic E-state index is 0.113. The molecule has 5 heteroatoms. The molecule has 3 rings (SSSR count). The molecule has 2 saturated heterocycles. The van der Waals surface area contributed by atoms with Crippen LogP contribution in [0.15, 0.2) is 30.3 Å². The number of carboxylic acid groups (broad SMARTS) is 1. The lowest BCUT2D eigenvalue weighted by molar-refractivity contribution is -0.141. The fourth-order valence-corrected chi connectivity index (χ4v) is 3.37. The normalized spacial score (nSPS) is 25.3. The Hall–Kier alpha value is -2.04. The molecule has 0 spiro atoms. The van der Waals surface area contributed by atoms with Gasteiger partial charge in [0.05, 0.1) is 0 Å². The SMILES string of the molecule is O=C(O)[C@@H]1CCCN1C(=O)N1CCC(c2ccccc2)C1. The molecule has 1 aromatic carbocycles. The minimum atomic E-state index is -0.889. The highest BCUT2D eigenvalue weighted by molar-refractivity contribution is 5.83. The van der Waals surface area contributed by atoms with Gasteiger partial charge in [0.15, 0.2) is 0 Å². The zero-order chi connectivity index (χ0) is 14.8. The van der Waals surface area contributed by atoms with Crippen LogP contribution in [0.5, 0.6) is 0 Å². The Morgan fingerprint density at radius 3 is 2.57 bits per heavy atom. The fourth-order valence-electron chi connectivity index (χ4n) is 3.37. The van der Waals surface area contributed by atoms with E-state index in [1.807, 2.05) is 18.2 Å². The monoisotopic (exact) mass is 288 g/mol. The van der Waals surface area contributed by atoms with Gasteiger partial charge in [0.25, 0.3) is 0 Å². The van der Waals surface area contributed by atoms with Crippen molar-refractivity contribution < 1.29 is 14.7 Å². The van der Waals surface area contributed by atoms with E-state index in [4.69, 9.17) is 0 Å². The highest BCUT2D eigenvalue weighted by atomic mass is 16.4. The van der Waals surface area contributed by atoms with E-state index in [1.165, 1.54) is 10.5 Å². The van der Waals surface area contributed by atoms with E-state index >= 15 is 0 Å². The Bertz CT molecular complexity index is 532. The summed E-state index contributed by atoms with van der Waals surface area (Å²) in [5.41, 5.74) is 1.25. The molecule has 2 fully saturated rings. The van der Waals surface area contributed by atoms with Crippen LogP contribution >= 0.6 is 0 Å². The van der Waals surface area contributed by atoms with E-state index in [0.29, 0.717) is 32.0 Å². The summed E-state index contributed by atoms with van der Waals surface area (Å²) < 4.78 is 0. The number of amides is 2. The van der Waals surface area contributed by atoms with Crippen LogP contribution in [0.2, 0.25) is 0 Å². The summed E-state index contributed by atoms with van der Waals surface area (Å²) in [5, 5.41) is 9.19. The van der Waals surface area contributed by atoms with Crippen LogP contribution in [-0.2, 0) is 4.79 Å². The molecule has 0 saturated carbocycles. The standard InChI is InChI=1S/C16H20N2O3/c19-15(20)14-7-4-9-18(14)16(21)17-10-8-13(11-17)12-5-2-1-3-6-12/h1-3,5-6,13-14H,4,7-11H2,(H,19,20)/t13?,14-/m0/s1. The first-order valence-electron chi connectivity index (χ1n) is 7.50. The third-order valence-electron chi connectivity index (χ3n) is 4.51. The van der Waals surface area contributed by atoms with Crippen molar-refractivity contribution in [1.29, 1.82) is 0 Å². The molecule has 2 atom stereocenters. The van der Waals surface area contributed by atoms with Gasteiger partial charge in [-0.05, 0) is 24.8 Å². The van der Waals surface area contributed by atoms with Crippen LogP contribution in [0, 0.1) is 0 Å². The summed E-state index contributed by atoms with van der Waals surface area (Å²) in [5.74, 6) is -0.527. The molecular weight excluding hydrogens is 268 g/mol. The third-order valence-corrected chi connectivity index (χ3v) is 4.51. The fraction of sp³-hybridized carbons (Fsp3) is 0.500. The number of likely N-dealkylation sites (tertiary alicyclic amines) is 2. The zero-order valence-electron chi connectivity index (χ0n) is 11.9. The number of aliphatic carboxylic acids is 1. The summed E-state index contributed by atoms with van der Waals surface area (Å²) in [6, 6.07) is 9.44. The molecule has 2 aliphatic heterocycles.